The zero-order chi connectivity index (χ0) is 19.8. The van der Waals surface area contributed by atoms with Gasteiger partial charge in [-0.3, -0.25) is 4.79 Å². The molecule has 0 aliphatic carbocycles. The number of carbonyl (C=O) groups excluding carboxylic acids is 1. The van der Waals surface area contributed by atoms with Gasteiger partial charge in [-0.15, -0.1) is 10.2 Å². The summed E-state index contributed by atoms with van der Waals surface area (Å²) in [6.45, 7) is 7.19. The lowest BCUT2D eigenvalue weighted by molar-refractivity contribution is -0.129. The number of hydrogen-bond acceptors (Lipinski definition) is 7. The van der Waals surface area contributed by atoms with E-state index in [2.05, 4.69) is 53.6 Å². The summed E-state index contributed by atoms with van der Waals surface area (Å²) in [7, 11) is 0. The van der Waals surface area contributed by atoms with Crippen molar-refractivity contribution in [3.05, 3.63) is 35.4 Å². The largest absolute Gasteiger partial charge is 0.376 e. The van der Waals surface area contributed by atoms with Crippen molar-refractivity contribution in [3.8, 4) is 0 Å². The van der Waals surface area contributed by atoms with Crippen LogP contribution in [0.25, 0.3) is 0 Å². The molecule has 1 saturated heterocycles. The van der Waals surface area contributed by atoms with E-state index in [1.165, 1.54) is 28.7 Å². The smallest absolute Gasteiger partial charge is 0.233 e. The second-order valence-electron chi connectivity index (χ2n) is 6.98. The number of amides is 1. The Morgan fingerprint density at radius 1 is 1.36 bits per heavy atom. The molecule has 1 amide bonds. The van der Waals surface area contributed by atoms with E-state index in [4.69, 9.17) is 4.74 Å². The molecule has 28 heavy (non-hydrogen) atoms. The Morgan fingerprint density at radius 2 is 2.18 bits per heavy atom. The number of hydrogen-bond donors (Lipinski definition) is 1. The molecule has 1 fully saturated rings. The zero-order valence-corrected chi connectivity index (χ0v) is 18.2. The normalized spacial score (nSPS) is 16.3. The number of carbonyl (C=O) groups is 1. The quantitative estimate of drug-likeness (QED) is 0.587. The van der Waals surface area contributed by atoms with E-state index in [9.17, 15) is 4.79 Å². The van der Waals surface area contributed by atoms with Gasteiger partial charge in [0.05, 0.1) is 11.9 Å². The van der Waals surface area contributed by atoms with Crippen molar-refractivity contribution in [1.82, 2.24) is 15.1 Å². The van der Waals surface area contributed by atoms with E-state index in [0.717, 1.165) is 54.0 Å². The van der Waals surface area contributed by atoms with Gasteiger partial charge in [0.1, 0.15) is 0 Å². The first-order valence-electron chi connectivity index (χ1n) is 9.79. The first kappa shape index (κ1) is 21.1. The van der Waals surface area contributed by atoms with Gasteiger partial charge in [0.2, 0.25) is 11.0 Å². The molecule has 1 unspecified atom stereocenters. The highest BCUT2D eigenvalue weighted by Gasteiger charge is 2.17. The Labute approximate surface area is 175 Å². The predicted octanol–water partition coefficient (Wildman–Crippen LogP) is 3.97. The van der Waals surface area contributed by atoms with Gasteiger partial charge in [0, 0.05) is 26.2 Å². The third-order valence-electron chi connectivity index (χ3n) is 4.57. The van der Waals surface area contributed by atoms with Crippen molar-refractivity contribution in [3.63, 3.8) is 0 Å². The Bertz CT molecular complexity index is 745. The summed E-state index contributed by atoms with van der Waals surface area (Å²) in [6.07, 6.45) is 3.43. The Morgan fingerprint density at radius 3 is 2.89 bits per heavy atom. The fraction of sp³-hybridized carbons (Fsp3) is 0.550. The molecule has 1 atom stereocenters. The molecule has 2 aromatic rings. The van der Waals surface area contributed by atoms with Gasteiger partial charge in [-0.1, -0.05) is 59.9 Å². The lowest BCUT2D eigenvalue weighted by atomic mass is 10.1. The molecule has 0 saturated carbocycles. The third kappa shape index (κ3) is 6.46. The highest BCUT2D eigenvalue weighted by atomic mass is 32.2. The second kappa shape index (κ2) is 10.8. The van der Waals surface area contributed by atoms with Gasteiger partial charge in [-0.05, 0) is 31.7 Å². The first-order chi connectivity index (χ1) is 13.6. The Balaban J connectivity index is 1.47. The van der Waals surface area contributed by atoms with Crippen molar-refractivity contribution < 1.29 is 9.53 Å². The van der Waals surface area contributed by atoms with Crippen LogP contribution in [0.3, 0.4) is 0 Å². The number of nitrogens with one attached hydrogen (secondary N) is 1. The monoisotopic (exact) mass is 420 g/mol. The third-order valence-corrected chi connectivity index (χ3v) is 6.57. The average Bonchev–Trinajstić information content (AvgIpc) is 3.37. The van der Waals surface area contributed by atoms with Crippen LogP contribution in [-0.4, -0.2) is 52.6 Å². The number of anilines is 1. The molecule has 8 heteroatoms. The van der Waals surface area contributed by atoms with E-state index < -0.39 is 0 Å². The van der Waals surface area contributed by atoms with Gasteiger partial charge in [0.25, 0.3) is 0 Å². The van der Waals surface area contributed by atoms with E-state index in [0.29, 0.717) is 12.3 Å². The maximum Gasteiger partial charge on any atom is 0.233 e. The molecule has 0 spiro atoms. The fourth-order valence-corrected chi connectivity index (χ4v) is 4.70. The molecule has 1 aromatic carbocycles. The number of ether oxygens (including phenoxy) is 1. The summed E-state index contributed by atoms with van der Waals surface area (Å²) in [6, 6.07) is 8.36. The minimum atomic E-state index is 0.136. The van der Waals surface area contributed by atoms with Crippen LogP contribution in [0.2, 0.25) is 0 Å². The number of aryl methyl sites for hydroxylation is 1. The molecule has 1 N–H and O–H groups in total. The first-order valence-corrected chi connectivity index (χ1v) is 11.6. The lowest BCUT2D eigenvalue weighted by Crippen LogP contribution is -2.32. The topological polar surface area (TPSA) is 67.4 Å². The highest BCUT2D eigenvalue weighted by molar-refractivity contribution is 8.01. The van der Waals surface area contributed by atoms with Crippen LogP contribution in [0.4, 0.5) is 5.13 Å². The summed E-state index contributed by atoms with van der Waals surface area (Å²) in [5.41, 5.74) is 2.39. The van der Waals surface area contributed by atoms with Crippen LogP contribution in [0.15, 0.2) is 28.6 Å². The molecule has 1 aromatic heterocycles. The van der Waals surface area contributed by atoms with Crippen molar-refractivity contribution >= 4 is 34.1 Å². The molecule has 6 nitrogen and oxygen atoms in total. The second-order valence-corrected chi connectivity index (χ2v) is 9.18. The molecule has 3 rings (SSSR count). The lowest BCUT2D eigenvalue weighted by Gasteiger charge is -2.22. The average molecular weight is 421 g/mol. The zero-order valence-electron chi connectivity index (χ0n) is 16.5. The molecule has 2 heterocycles. The predicted molar refractivity (Wildman–Crippen MR) is 115 cm³/mol. The van der Waals surface area contributed by atoms with E-state index in [1.54, 1.807) is 0 Å². The molecular weight excluding hydrogens is 392 g/mol. The summed E-state index contributed by atoms with van der Waals surface area (Å²) in [5.74, 6) is 0.517. The molecule has 1 aliphatic rings. The molecule has 0 bridgehead atoms. The number of benzene rings is 1. The molecule has 0 radical (unpaired) electrons. The summed E-state index contributed by atoms with van der Waals surface area (Å²) >= 11 is 2.95. The van der Waals surface area contributed by atoms with Crippen LogP contribution >= 0.6 is 23.1 Å². The number of rotatable bonds is 10. The molecular formula is C20H28N4O2S2. The van der Waals surface area contributed by atoms with Crippen LogP contribution in [0, 0.1) is 6.92 Å². The van der Waals surface area contributed by atoms with Gasteiger partial charge in [0.15, 0.2) is 4.34 Å². The summed E-state index contributed by atoms with van der Waals surface area (Å²) in [4.78, 5) is 14.6. The van der Waals surface area contributed by atoms with Gasteiger partial charge in [-0.25, -0.2) is 0 Å². The minimum absolute atomic E-state index is 0.136. The molecule has 152 valence electrons. The van der Waals surface area contributed by atoms with Crippen LogP contribution < -0.4 is 5.32 Å². The van der Waals surface area contributed by atoms with Crippen LogP contribution in [-0.2, 0) is 16.1 Å². The maximum atomic E-state index is 12.7. The van der Waals surface area contributed by atoms with Crippen molar-refractivity contribution in [2.45, 2.75) is 50.1 Å². The van der Waals surface area contributed by atoms with Crippen LogP contribution in [0.5, 0.6) is 0 Å². The number of nitrogens with zero attached hydrogens (tertiary/aromatic N) is 3. The standard InChI is InChI=1S/C20H28N4O2S2/c1-3-10-24(13-16-8-6-15(2)7-9-16)18(25)14-27-20-23-22-19(28-20)21-12-17-5-4-11-26-17/h6-9,17H,3-5,10-14H2,1-2H3,(H,21,22). The van der Waals surface area contributed by atoms with Crippen molar-refractivity contribution in [2.75, 3.05) is 30.8 Å². The van der Waals surface area contributed by atoms with E-state index in [1.807, 2.05) is 4.90 Å². The van der Waals surface area contributed by atoms with Gasteiger partial charge >= 0.3 is 0 Å². The SMILES string of the molecule is CCCN(Cc1ccc(C)cc1)C(=O)CSc1nnc(NCC2CCCO2)s1. The van der Waals surface area contributed by atoms with Gasteiger partial charge in [-0.2, -0.15) is 0 Å². The Hall–Kier alpha value is -1.64. The maximum absolute atomic E-state index is 12.7. The van der Waals surface area contributed by atoms with E-state index >= 15 is 0 Å². The molecule has 1 aliphatic heterocycles. The van der Waals surface area contributed by atoms with Crippen LogP contribution in [0.1, 0.15) is 37.3 Å². The van der Waals surface area contributed by atoms with Gasteiger partial charge < -0.3 is 15.0 Å². The van der Waals surface area contributed by atoms with Crippen molar-refractivity contribution in [2.24, 2.45) is 0 Å². The minimum Gasteiger partial charge on any atom is -0.376 e. The summed E-state index contributed by atoms with van der Waals surface area (Å²) < 4.78 is 6.42. The summed E-state index contributed by atoms with van der Waals surface area (Å²) in [5, 5.41) is 12.4. The Kier molecular flexibility index (Phi) is 8.12. The van der Waals surface area contributed by atoms with E-state index in [-0.39, 0.29) is 12.0 Å². The highest BCUT2D eigenvalue weighted by Crippen LogP contribution is 2.26. The number of thioether (sulfide) groups is 1. The fourth-order valence-electron chi connectivity index (χ4n) is 3.04. The van der Waals surface area contributed by atoms with Crippen molar-refractivity contribution in [1.29, 1.82) is 0 Å². The number of aromatic nitrogens is 2.